The number of aromatic nitrogens is 3. The molecule has 1 aliphatic rings. The van der Waals surface area contributed by atoms with Crippen LogP contribution in [-0.4, -0.2) is 20.8 Å². The van der Waals surface area contributed by atoms with E-state index in [1.165, 1.54) is 24.1 Å². The second-order valence-electron chi connectivity index (χ2n) is 5.82. The lowest BCUT2D eigenvalue weighted by molar-refractivity contribution is 0.680. The van der Waals surface area contributed by atoms with Crippen molar-refractivity contribution in [1.82, 2.24) is 20.1 Å². The smallest absolute Gasteiger partial charge is 0.153 e. The maximum absolute atomic E-state index is 4.76. The van der Waals surface area contributed by atoms with Crippen molar-refractivity contribution in [2.24, 2.45) is 0 Å². The molecule has 0 saturated heterocycles. The van der Waals surface area contributed by atoms with Crippen molar-refractivity contribution in [3.63, 3.8) is 0 Å². The summed E-state index contributed by atoms with van der Waals surface area (Å²) in [7, 11) is 0. The molecule has 0 radical (unpaired) electrons. The first-order chi connectivity index (χ1) is 10.2. The van der Waals surface area contributed by atoms with Gasteiger partial charge >= 0.3 is 0 Å². The number of pyridine rings is 1. The Balaban J connectivity index is 1.84. The topological polar surface area (TPSA) is 42.7 Å². The van der Waals surface area contributed by atoms with Crippen molar-refractivity contribution in [2.75, 3.05) is 0 Å². The Morgan fingerprint density at radius 3 is 2.67 bits per heavy atom. The van der Waals surface area contributed by atoms with E-state index in [1.54, 1.807) is 0 Å². The molecule has 2 heterocycles. The Kier molecular flexibility index (Phi) is 4.06. The van der Waals surface area contributed by atoms with Gasteiger partial charge < -0.3 is 5.32 Å². The SMILES string of the molecule is CCc1cc(CC)n(-c2ccc(CNC3CC3)c(C)n2)n1. The molecular weight excluding hydrogens is 260 g/mol. The molecule has 0 aliphatic heterocycles. The molecule has 1 fully saturated rings. The maximum Gasteiger partial charge on any atom is 0.153 e. The molecule has 1 saturated carbocycles. The van der Waals surface area contributed by atoms with Gasteiger partial charge in [0.05, 0.1) is 5.69 Å². The van der Waals surface area contributed by atoms with Crippen molar-refractivity contribution in [3.05, 3.63) is 40.8 Å². The number of rotatable bonds is 6. The minimum Gasteiger partial charge on any atom is -0.310 e. The van der Waals surface area contributed by atoms with Crippen molar-refractivity contribution >= 4 is 0 Å². The minimum absolute atomic E-state index is 0.731. The van der Waals surface area contributed by atoms with Gasteiger partial charge in [-0.25, -0.2) is 9.67 Å². The predicted octanol–water partition coefficient (Wildman–Crippen LogP) is 2.95. The molecule has 0 unspecified atom stereocenters. The number of nitrogens with zero attached hydrogens (tertiary/aromatic N) is 3. The van der Waals surface area contributed by atoms with Gasteiger partial charge in [0, 0.05) is 24.0 Å². The summed E-state index contributed by atoms with van der Waals surface area (Å²) in [5.41, 5.74) is 4.73. The molecule has 21 heavy (non-hydrogen) atoms. The van der Waals surface area contributed by atoms with Crippen LogP contribution in [0.3, 0.4) is 0 Å². The summed E-state index contributed by atoms with van der Waals surface area (Å²) >= 11 is 0. The predicted molar refractivity (Wildman–Crippen MR) is 84.7 cm³/mol. The fourth-order valence-corrected chi connectivity index (χ4v) is 2.52. The van der Waals surface area contributed by atoms with Crippen molar-refractivity contribution in [1.29, 1.82) is 0 Å². The van der Waals surface area contributed by atoms with Crippen LogP contribution in [-0.2, 0) is 19.4 Å². The van der Waals surface area contributed by atoms with E-state index in [0.29, 0.717) is 0 Å². The van der Waals surface area contributed by atoms with Gasteiger partial charge in [-0.1, -0.05) is 19.9 Å². The molecule has 0 aromatic carbocycles. The Hall–Kier alpha value is -1.68. The summed E-state index contributed by atoms with van der Waals surface area (Å²) in [6.07, 6.45) is 4.57. The molecule has 2 aromatic rings. The quantitative estimate of drug-likeness (QED) is 0.887. The van der Waals surface area contributed by atoms with E-state index >= 15 is 0 Å². The van der Waals surface area contributed by atoms with E-state index in [0.717, 1.165) is 42.6 Å². The lowest BCUT2D eigenvalue weighted by Gasteiger charge is -2.10. The summed E-state index contributed by atoms with van der Waals surface area (Å²) in [4.78, 5) is 4.76. The molecule has 4 heteroatoms. The van der Waals surface area contributed by atoms with Gasteiger partial charge in [0.25, 0.3) is 0 Å². The van der Waals surface area contributed by atoms with Gasteiger partial charge in [0.15, 0.2) is 5.82 Å². The number of aryl methyl sites for hydroxylation is 3. The normalized spacial score (nSPS) is 14.6. The molecule has 0 bridgehead atoms. The van der Waals surface area contributed by atoms with E-state index < -0.39 is 0 Å². The molecular formula is C17H24N4. The highest BCUT2D eigenvalue weighted by molar-refractivity contribution is 5.32. The van der Waals surface area contributed by atoms with E-state index in [9.17, 15) is 0 Å². The maximum atomic E-state index is 4.76. The summed E-state index contributed by atoms with van der Waals surface area (Å²) in [5, 5.41) is 8.21. The Morgan fingerprint density at radius 1 is 1.24 bits per heavy atom. The largest absolute Gasteiger partial charge is 0.310 e. The van der Waals surface area contributed by atoms with Gasteiger partial charge in [0.1, 0.15) is 0 Å². The highest BCUT2D eigenvalue weighted by atomic mass is 15.3. The van der Waals surface area contributed by atoms with Crippen LogP contribution in [0.4, 0.5) is 0 Å². The van der Waals surface area contributed by atoms with E-state index in [4.69, 9.17) is 4.98 Å². The van der Waals surface area contributed by atoms with Crippen LogP contribution >= 0.6 is 0 Å². The zero-order valence-corrected chi connectivity index (χ0v) is 13.2. The van der Waals surface area contributed by atoms with E-state index in [2.05, 4.69) is 49.4 Å². The Labute approximate surface area is 126 Å². The highest BCUT2D eigenvalue weighted by Gasteiger charge is 2.20. The first-order valence-corrected chi connectivity index (χ1v) is 7.99. The van der Waals surface area contributed by atoms with Gasteiger partial charge in [-0.15, -0.1) is 0 Å². The molecule has 112 valence electrons. The second kappa shape index (κ2) is 5.98. The first-order valence-electron chi connectivity index (χ1n) is 7.99. The molecule has 0 spiro atoms. The van der Waals surface area contributed by atoms with E-state index in [-0.39, 0.29) is 0 Å². The third-order valence-corrected chi connectivity index (χ3v) is 4.11. The molecule has 2 aromatic heterocycles. The van der Waals surface area contributed by atoms with Crippen LogP contribution < -0.4 is 5.32 Å². The standard InChI is InChI=1S/C17H24N4/c1-4-14-10-16(5-2)21(20-14)17-9-6-13(12(3)19-17)11-18-15-7-8-15/h6,9-10,15,18H,4-5,7-8,11H2,1-3H3. The average molecular weight is 284 g/mol. The number of hydrogen-bond donors (Lipinski definition) is 1. The van der Waals surface area contributed by atoms with Crippen LogP contribution in [0.2, 0.25) is 0 Å². The fourth-order valence-electron chi connectivity index (χ4n) is 2.52. The van der Waals surface area contributed by atoms with Gasteiger partial charge in [-0.05, 0) is 50.3 Å². The van der Waals surface area contributed by atoms with Gasteiger partial charge in [0.2, 0.25) is 0 Å². The van der Waals surface area contributed by atoms with Gasteiger partial charge in [-0.3, -0.25) is 0 Å². The fraction of sp³-hybridized carbons (Fsp3) is 0.529. The lowest BCUT2D eigenvalue weighted by atomic mass is 10.2. The average Bonchev–Trinajstić information content (AvgIpc) is 3.23. The minimum atomic E-state index is 0.731. The summed E-state index contributed by atoms with van der Waals surface area (Å²) in [6.45, 7) is 7.30. The van der Waals surface area contributed by atoms with Crippen LogP contribution in [0.1, 0.15) is 49.3 Å². The number of nitrogens with one attached hydrogen (secondary N) is 1. The summed E-state index contributed by atoms with van der Waals surface area (Å²) in [6, 6.07) is 7.18. The Morgan fingerprint density at radius 2 is 2.05 bits per heavy atom. The molecule has 3 rings (SSSR count). The lowest BCUT2D eigenvalue weighted by Crippen LogP contribution is -2.17. The zero-order valence-electron chi connectivity index (χ0n) is 13.2. The number of hydrogen-bond acceptors (Lipinski definition) is 3. The van der Waals surface area contributed by atoms with Gasteiger partial charge in [-0.2, -0.15) is 5.10 Å². The highest BCUT2D eigenvalue weighted by Crippen LogP contribution is 2.20. The first kappa shape index (κ1) is 14.3. The third kappa shape index (κ3) is 3.16. The Bertz CT molecular complexity index is 626. The zero-order chi connectivity index (χ0) is 14.8. The summed E-state index contributed by atoms with van der Waals surface area (Å²) < 4.78 is 1.99. The van der Waals surface area contributed by atoms with Crippen LogP contribution in [0.5, 0.6) is 0 Å². The third-order valence-electron chi connectivity index (χ3n) is 4.11. The summed E-state index contributed by atoms with van der Waals surface area (Å²) in [5.74, 6) is 0.930. The van der Waals surface area contributed by atoms with Crippen molar-refractivity contribution in [3.8, 4) is 5.82 Å². The van der Waals surface area contributed by atoms with Crippen LogP contribution in [0, 0.1) is 6.92 Å². The molecule has 0 atom stereocenters. The molecule has 1 N–H and O–H groups in total. The molecule has 0 amide bonds. The van der Waals surface area contributed by atoms with Crippen LogP contribution in [0.15, 0.2) is 18.2 Å². The van der Waals surface area contributed by atoms with Crippen molar-refractivity contribution < 1.29 is 0 Å². The van der Waals surface area contributed by atoms with Crippen LogP contribution in [0.25, 0.3) is 5.82 Å². The van der Waals surface area contributed by atoms with Crippen molar-refractivity contribution in [2.45, 2.75) is 59.0 Å². The molecule has 1 aliphatic carbocycles. The van der Waals surface area contributed by atoms with E-state index in [1.807, 2.05) is 4.68 Å². The molecule has 4 nitrogen and oxygen atoms in total. The monoisotopic (exact) mass is 284 g/mol. The second-order valence-corrected chi connectivity index (χ2v) is 5.82.